The largest absolute Gasteiger partial charge is 0.384 e. The molecule has 0 fully saturated rings. The van der Waals surface area contributed by atoms with Crippen molar-refractivity contribution in [3.8, 4) is 11.3 Å². The normalized spacial score (nSPS) is 10.7. The maximum atomic E-state index is 12.3. The molecular formula is C22H22N2O3. The van der Waals surface area contributed by atoms with Crippen molar-refractivity contribution >= 4 is 5.78 Å². The van der Waals surface area contributed by atoms with Gasteiger partial charge < -0.3 is 4.74 Å². The summed E-state index contributed by atoms with van der Waals surface area (Å²) in [6.07, 6.45) is 0.821. The molecule has 27 heavy (non-hydrogen) atoms. The first kappa shape index (κ1) is 18.7. The van der Waals surface area contributed by atoms with Crippen molar-refractivity contribution in [3.05, 3.63) is 87.7 Å². The van der Waals surface area contributed by atoms with Gasteiger partial charge in [-0.15, -0.1) is 0 Å². The number of carbonyl (C=O) groups excluding carboxylic acids is 1. The van der Waals surface area contributed by atoms with E-state index in [0.717, 1.165) is 28.8 Å². The highest BCUT2D eigenvalue weighted by molar-refractivity contribution is 5.94. The molecule has 0 aliphatic carbocycles. The Kier molecular flexibility index (Phi) is 5.94. The first-order valence-electron chi connectivity index (χ1n) is 8.83. The van der Waals surface area contributed by atoms with Crippen LogP contribution in [0.4, 0.5) is 0 Å². The Morgan fingerprint density at radius 1 is 1.04 bits per heavy atom. The molecule has 0 radical (unpaired) electrons. The summed E-state index contributed by atoms with van der Waals surface area (Å²) in [5.74, 6) is -0.00113. The SMILES string of the molecule is COCCc1cccc(-c2ccc(=O)n(Cc3cccc(C(C)=O)c3)n2)c1. The lowest BCUT2D eigenvalue weighted by Gasteiger charge is -2.09. The molecule has 0 amide bonds. The van der Waals surface area contributed by atoms with Gasteiger partial charge >= 0.3 is 0 Å². The van der Waals surface area contributed by atoms with E-state index in [9.17, 15) is 9.59 Å². The van der Waals surface area contributed by atoms with Crippen molar-refractivity contribution in [2.75, 3.05) is 13.7 Å². The van der Waals surface area contributed by atoms with Crippen LogP contribution in [0.15, 0.2) is 65.5 Å². The van der Waals surface area contributed by atoms with Crippen LogP contribution >= 0.6 is 0 Å². The lowest BCUT2D eigenvalue weighted by Crippen LogP contribution is -2.23. The van der Waals surface area contributed by atoms with Crippen molar-refractivity contribution in [1.82, 2.24) is 9.78 Å². The Hall–Kier alpha value is -3.05. The van der Waals surface area contributed by atoms with Crippen molar-refractivity contribution < 1.29 is 9.53 Å². The maximum absolute atomic E-state index is 12.3. The van der Waals surface area contributed by atoms with Crippen LogP contribution in [0.2, 0.25) is 0 Å². The molecule has 0 spiro atoms. The molecule has 0 aliphatic heterocycles. The van der Waals surface area contributed by atoms with Crippen LogP contribution in [0.1, 0.15) is 28.4 Å². The predicted molar refractivity (Wildman–Crippen MR) is 105 cm³/mol. The smallest absolute Gasteiger partial charge is 0.267 e. The van der Waals surface area contributed by atoms with Gasteiger partial charge in [0.2, 0.25) is 0 Å². The lowest BCUT2D eigenvalue weighted by atomic mass is 10.1. The van der Waals surface area contributed by atoms with Crippen LogP contribution in [-0.4, -0.2) is 29.3 Å². The molecule has 0 atom stereocenters. The van der Waals surface area contributed by atoms with E-state index in [1.165, 1.54) is 17.7 Å². The van der Waals surface area contributed by atoms with E-state index in [1.54, 1.807) is 25.3 Å². The van der Waals surface area contributed by atoms with E-state index in [1.807, 2.05) is 30.3 Å². The second-order valence-corrected chi connectivity index (χ2v) is 6.41. The molecule has 1 aromatic heterocycles. The Balaban J connectivity index is 1.90. The van der Waals surface area contributed by atoms with Crippen LogP contribution < -0.4 is 5.56 Å². The molecule has 0 aliphatic rings. The van der Waals surface area contributed by atoms with Gasteiger partial charge in [0.1, 0.15) is 0 Å². The van der Waals surface area contributed by atoms with Crippen LogP contribution in [0, 0.1) is 0 Å². The van der Waals surface area contributed by atoms with E-state index < -0.39 is 0 Å². The molecule has 3 aromatic rings. The molecule has 0 bridgehead atoms. The van der Waals surface area contributed by atoms with Crippen LogP contribution in [0.5, 0.6) is 0 Å². The molecule has 5 nitrogen and oxygen atoms in total. The van der Waals surface area contributed by atoms with Crippen LogP contribution in [0.3, 0.4) is 0 Å². The van der Waals surface area contributed by atoms with Crippen molar-refractivity contribution in [1.29, 1.82) is 0 Å². The quantitative estimate of drug-likeness (QED) is 0.605. The lowest BCUT2D eigenvalue weighted by molar-refractivity contribution is 0.101. The summed E-state index contributed by atoms with van der Waals surface area (Å²) < 4.78 is 6.56. The average Bonchev–Trinajstić information content (AvgIpc) is 2.68. The number of Topliss-reactive ketones (excluding diaryl/α,β-unsaturated/α-hetero) is 1. The van der Waals surface area contributed by atoms with Crippen molar-refractivity contribution in [2.45, 2.75) is 19.9 Å². The van der Waals surface area contributed by atoms with Gasteiger partial charge in [-0.25, -0.2) is 4.68 Å². The summed E-state index contributed by atoms with van der Waals surface area (Å²) in [4.78, 5) is 23.8. The number of rotatable bonds is 7. The second-order valence-electron chi connectivity index (χ2n) is 6.41. The summed E-state index contributed by atoms with van der Waals surface area (Å²) in [5, 5.41) is 4.52. The zero-order valence-corrected chi connectivity index (χ0v) is 15.5. The van der Waals surface area contributed by atoms with Gasteiger partial charge in [-0.2, -0.15) is 5.10 Å². The number of aromatic nitrogens is 2. The summed E-state index contributed by atoms with van der Waals surface area (Å²) >= 11 is 0. The second kappa shape index (κ2) is 8.56. The fourth-order valence-corrected chi connectivity index (χ4v) is 2.88. The summed E-state index contributed by atoms with van der Waals surface area (Å²) in [6, 6.07) is 18.6. The number of ether oxygens (including phenoxy) is 1. The fourth-order valence-electron chi connectivity index (χ4n) is 2.88. The number of ketones is 1. The van der Waals surface area contributed by atoms with Gasteiger partial charge in [0, 0.05) is 24.3 Å². The van der Waals surface area contributed by atoms with Gasteiger partial charge in [0.25, 0.3) is 5.56 Å². The molecule has 0 N–H and O–H groups in total. The molecular weight excluding hydrogens is 340 g/mol. The standard InChI is InChI=1S/C22H22N2O3/c1-16(25)19-7-4-6-18(14-19)15-24-22(26)10-9-21(23-24)20-8-3-5-17(13-20)11-12-27-2/h3-10,13-14H,11-12,15H2,1-2H3. The summed E-state index contributed by atoms with van der Waals surface area (Å²) in [5.41, 5.74) is 4.16. The number of hydrogen-bond donors (Lipinski definition) is 0. The topological polar surface area (TPSA) is 61.2 Å². The van der Waals surface area contributed by atoms with E-state index in [-0.39, 0.29) is 11.3 Å². The van der Waals surface area contributed by atoms with Gasteiger partial charge in [-0.1, -0.05) is 36.4 Å². The first-order valence-corrected chi connectivity index (χ1v) is 8.83. The maximum Gasteiger partial charge on any atom is 0.267 e. The third kappa shape index (κ3) is 4.77. The van der Waals surface area contributed by atoms with Crippen LogP contribution in [-0.2, 0) is 17.7 Å². The third-order valence-electron chi connectivity index (χ3n) is 4.35. The number of methoxy groups -OCH3 is 1. The van der Waals surface area contributed by atoms with E-state index in [2.05, 4.69) is 11.2 Å². The molecule has 2 aromatic carbocycles. The molecule has 3 rings (SSSR count). The van der Waals surface area contributed by atoms with E-state index in [0.29, 0.717) is 18.7 Å². The summed E-state index contributed by atoms with van der Waals surface area (Å²) in [7, 11) is 1.68. The number of benzene rings is 2. The summed E-state index contributed by atoms with van der Waals surface area (Å²) in [6.45, 7) is 2.50. The third-order valence-corrected chi connectivity index (χ3v) is 4.35. The number of nitrogens with zero attached hydrogens (tertiary/aromatic N) is 2. The van der Waals surface area contributed by atoms with E-state index >= 15 is 0 Å². The minimum atomic E-state index is -0.178. The monoisotopic (exact) mass is 362 g/mol. The van der Waals surface area contributed by atoms with Gasteiger partial charge in [0.05, 0.1) is 18.8 Å². The molecule has 0 saturated heterocycles. The fraction of sp³-hybridized carbons (Fsp3) is 0.227. The van der Waals surface area contributed by atoms with Gasteiger partial charge in [-0.05, 0) is 42.7 Å². The highest BCUT2D eigenvalue weighted by Crippen LogP contribution is 2.18. The number of carbonyl (C=O) groups is 1. The zero-order valence-electron chi connectivity index (χ0n) is 15.5. The Morgan fingerprint density at radius 3 is 2.59 bits per heavy atom. The molecule has 1 heterocycles. The molecule has 0 saturated carbocycles. The van der Waals surface area contributed by atoms with Gasteiger partial charge in [0.15, 0.2) is 5.78 Å². The van der Waals surface area contributed by atoms with Crippen LogP contribution in [0.25, 0.3) is 11.3 Å². The minimum Gasteiger partial charge on any atom is -0.384 e. The Bertz CT molecular complexity index is 1010. The predicted octanol–water partition coefficient (Wildman–Crippen LogP) is 3.35. The van der Waals surface area contributed by atoms with E-state index in [4.69, 9.17) is 4.74 Å². The highest BCUT2D eigenvalue weighted by Gasteiger charge is 2.07. The van der Waals surface area contributed by atoms with Crippen molar-refractivity contribution in [3.63, 3.8) is 0 Å². The minimum absolute atomic E-state index is 0.00113. The Labute approximate surface area is 158 Å². The first-order chi connectivity index (χ1) is 13.1. The van der Waals surface area contributed by atoms with Crippen molar-refractivity contribution in [2.24, 2.45) is 0 Å². The highest BCUT2D eigenvalue weighted by atomic mass is 16.5. The Morgan fingerprint density at radius 2 is 1.81 bits per heavy atom. The molecule has 5 heteroatoms. The molecule has 138 valence electrons. The zero-order chi connectivity index (χ0) is 19.2. The average molecular weight is 362 g/mol. The number of hydrogen-bond acceptors (Lipinski definition) is 4. The molecule has 0 unspecified atom stereocenters. The van der Waals surface area contributed by atoms with Gasteiger partial charge in [-0.3, -0.25) is 9.59 Å².